The van der Waals surface area contributed by atoms with Crippen LogP contribution in [0.2, 0.25) is 5.02 Å². The standard InChI is InChI=1S/C12H9ClF3N3OS/c1-7-6-21-11(18-7)19-17-5-8-9(13)3-2-4-10(8)20-12(14,15)16/h2-6H,1H3,(H,18,19). The average Bonchev–Trinajstić information content (AvgIpc) is 2.77. The molecule has 21 heavy (non-hydrogen) atoms. The average molecular weight is 336 g/mol. The van der Waals surface area contributed by atoms with Gasteiger partial charge < -0.3 is 4.74 Å². The summed E-state index contributed by atoms with van der Waals surface area (Å²) in [5.41, 5.74) is 3.45. The Morgan fingerprint density at radius 1 is 1.43 bits per heavy atom. The summed E-state index contributed by atoms with van der Waals surface area (Å²) in [5.74, 6) is -0.420. The summed E-state index contributed by atoms with van der Waals surface area (Å²) in [6, 6.07) is 3.96. The number of hydrazone groups is 1. The highest BCUT2D eigenvalue weighted by Crippen LogP contribution is 2.29. The van der Waals surface area contributed by atoms with Gasteiger partial charge in [-0.25, -0.2) is 4.98 Å². The summed E-state index contributed by atoms with van der Waals surface area (Å²) in [6.45, 7) is 1.81. The maximum absolute atomic E-state index is 12.3. The van der Waals surface area contributed by atoms with Crippen molar-refractivity contribution in [2.75, 3.05) is 5.43 Å². The molecule has 9 heteroatoms. The third-order valence-electron chi connectivity index (χ3n) is 2.21. The van der Waals surface area contributed by atoms with Crippen molar-refractivity contribution in [3.63, 3.8) is 0 Å². The first-order chi connectivity index (χ1) is 9.85. The summed E-state index contributed by atoms with van der Waals surface area (Å²) in [4.78, 5) is 4.10. The second-order valence-electron chi connectivity index (χ2n) is 3.86. The molecule has 0 amide bonds. The van der Waals surface area contributed by atoms with Gasteiger partial charge in [-0.1, -0.05) is 17.7 Å². The van der Waals surface area contributed by atoms with E-state index in [-0.39, 0.29) is 10.6 Å². The Morgan fingerprint density at radius 3 is 2.81 bits per heavy atom. The maximum atomic E-state index is 12.3. The summed E-state index contributed by atoms with van der Waals surface area (Å²) < 4.78 is 40.8. The summed E-state index contributed by atoms with van der Waals surface area (Å²) in [6.07, 6.45) is -3.65. The van der Waals surface area contributed by atoms with Crippen LogP contribution in [0.3, 0.4) is 0 Å². The fourth-order valence-corrected chi connectivity index (χ4v) is 2.27. The molecule has 1 N–H and O–H groups in total. The second kappa shape index (κ2) is 6.31. The molecule has 1 aromatic heterocycles. The van der Waals surface area contributed by atoms with Crippen molar-refractivity contribution in [1.82, 2.24) is 4.98 Å². The Hall–Kier alpha value is -1.80. The number of hydrogen-bond acceptors (Lipinski definition) is 5. The second-order valence-corrected chi connectivity index (χ2v) is 5.13. The first-order valence-corrected chi connectivity index (χ1v) is 6.86. The van der Waals surface area contributed by atoms with Gasteiger partial charge >= 0.3 is 6.36 Å². The van der Waals surface area contributed by atoms with Gasteiger partial charge in [-0.3, -0.25) is 5.43 Å². The quantitative estimate of drug-likeness (QED) is 0.663. The van der Waals surface area contributed by atoms with E-state index in [1.807, 2.05) is 12.3 Å². The van der Waals surface area contributed by atoms with Crippen molar-refractivity contribution in [3.8, 4) is 5.75 Å². The highest BCUT2D eigenvalue weighted by atomic mass is 35.5. The Kier molecular flexibility index (Phi) is 4.69. The lowest BCUT2D eigenvalue weighted by Crippen LogP contribution is -2.18. The molecule has 2 rings (SSSR count). The number of ether oxygens (including phenoxy) is 1. The number of anilines is 1. The third-order valence-corrected chi connectivity index (χ3v) is 3.41. The smallest absolute Gasteiger partial charge is 0.405 e. The van der Waals surface area contributed by atoms with Crippen LogP contribution in [0, 0.1) is 6.92 Å². The minimum Gasteiger partial charge on any atom is -0.405 e. The van der Waals surface area contributed by atoms with Crippen LogP contribution in [0.25, 0.3) is 0 Å². The van der Waals surface area contributed by atoms with E-state index in [0.29, 0.717) is 5.13 Å². The van der Waals surface area contributed by atoms with Gasteiger partial charge in [0.1, 0.15) is 5.75 Å². The lowest BCUT2D eigenvalue weighted by atomic mass is 10.2. The van der Waals surface area contributed by atoms with Crippen molar-refractivity contribution < 1.29 is 17.9 Å². The number of aryl methyl sites for hydroxylation is 1. The zero-order chi connectivity index (χ0) is 15.5. The molecule has 112 valence electrons. The predicted octanol–water partition coefficient (Wildman–Crippen LogP) is 4.45. The van der Waals surface area contributed by atoms with E-state index in [4.69, 9.17) is 11.6 Å². The zero-order valence-electron chi connectivity index (χ0n) is 10.6. The number of halogens is 4. The highest BCUT2D eigenvalue weighted by molar-refractivity contribution is 7.13. The molecule has 0 bridgehead atoms. The van der Waals surface area contributed by atoms with Crippen molar-refractivity contribution in [1.29, 1.82) is 0 Å². The number of thiazole rings is 1. The fourth-order valence-electron chi connectivity index (χ4n) is 1.41. The van der Waals surface area contributed by atoms with Gasteiger partial charge in [0.2, 0.25) is 5.13 Å². The fraction of sp³-hybridized carbons (Fsp3) is 0.167. The molecule has 0 fully saturated rings. The van der Waals surface area contributed by atoms with Gasteiger partial charge in [0.05, 0.1) is 22.5 Å². The van der Waals surface area contributed by atoms with E-state index in [1.54, 1.807) is 0 Å². The van der Waals surface area contributed by atoms with Crippen molar-refractivity contribution >= 4 is 34.3 Å². The van der Waals surface area contributed by atoms with Gasteiger partial charge in [0.25, 0.3) is 0 Å². The zero-order valence-corrected chi connectivity index (χ0v) is 12.2. The van der Waals surface area contributed by atoms with Gasteiger partial charge in [-0.2, -0.15) is 5.10 Å². The van der Waals surface area contributed by atoms with Gasteiger partial charge in [-0.05, 0) is 19.1 Å². The van der Waals surface area contributed by atoms with Crippen molar-refractivity contribution in [2.24, 2.45) is 5.10 Å². The molecule has 0 aliphatic rings. The molecule has 2 aromatic rings. The van der Waals surface area contributed by atoms with Crippen LogP contribution in [0.15, 0.2) is 28.7 Å². The molecular formula is C12H9ClF3N3OS. The highest BCUT2D eigenvalue weighted by Gasteiger charge is 2.32. The number of aromatic nitrogens is 1. The van der Waals surface area contributed by atoms with E-state index in [2.05, 4.69) is 20.2 Å². The van der Waals surface area contributed by atoms with E-state index in [1.165, 1.54) is 23.5 Å². The van der Waals surface area contributed by atoms with Crippen LogP contribution in [-0.2, 0) is 0 Å². The normalized spacial score (nSPS) is 11.9. The van der Waals surface area contributed by atoms with E-state index >= 15 is 0 Å². The minimum absolute atomic E-state index is 0.0252. The van der Waals surface area contributed by atoms with Gasteiger partial charge in [0, 0.05) is 5.38 Å². The summed E-state index contributed by atoms with van der Waals surface area (Å²) in [7, 11) is 0. The van der Waals surface area contributed by atoms with E-state index in [0.717, 1.165) is 18.0 Å². The molecule has 0 saturated carbocycles. The van der Waals surface area contributed by atoms with Crippen LogP contribution in [0.4, 0.5) is 18.3 Å². The van der Waals surface area contributed by atoms with E-state index < -0.39 is 12.1 Å². The summed E-state index contributed by atoms with van der Waals surface area (Å²) in [5, 5.41) is 6.25. The van der Waals surface area contributed by atoms with Crippen LogP contribution < -0.4 is 10.2 Å². The molecular weight excluding hydrogens is 327 g/mol. The van der Waals surface area contributed by atoms with Crippen LogP contribution in [0.1, 0.15) is 11.3 Å². The maximum Gasteiger partial charge on any atom is 0.573 e. The lowest BCUT2D eigenvalue weighted by Gasteiger charge is -2.11. The molecule has 0 unspecified atom stereocenters. The van der Waals surface area contributed by atoms with Crippen LogP contribution in [0.5, 0.6) is 5.75 Å². The topological polar surface area (TPSA) is 46.5 Å². The molecule has 0 atom stereocenters. The number of alkyl halides is 3. The Bertz CT molecular complexity index is 657. The number of benzene rings is 1. The number of hydrogen-bond donors (Lipinski definition) is 1. The first-order valence-electron chi connectivity index (χ1n) is 5.60. The molecule has 1 aromatic carbocycles. The molecule has 0 aliphatic carbocycles. The lowest BCUT2D eigenvalue weighted by molar-refractivity contribution is -0.274. The Balaban J connectivity index is 2.18. The molecule has 0 radical (unpaired) electrons. The van der Waals surface area contributed by atoms with Gasteiger partial charge in [-0.15, -0.1) is 24.5 Å². The third kappa shape index (κ3) is 4.61. The predicted molar refractivity (Wildman–Crippen MR) is 76.2 cm³/mol. The van der Waals surface area contributed by atoms with Crippen molar-refractivity contribution in [2.45, 2.75) is 13.3 Å². The molecule has 0 aliphatic heterocycles. The Morgan fingerprint density at radius 2 is 2.19 bits per heavy atom. The minimum atomic E-state index is -4.80. The molecule has 0 saturated heterocycles. The van der Waals surface area contributed by atoms with Crippen molar-refractivity contribution in [3.05, 3.63) is 39.9 Å². The number of rotatable bonds is 4. The van der Waals surface area contributed by atoms with E-state index in [9.17, 15) is 13.2 Å². The summed E-state index contributed by atoms with van der Waals surface area (Å²) >= 11 is 7.19. The monoisotopic (exact) mass is 335 g/mol. The SMILES string of the molecule is Cc1csc(NN=Cc2c(Cl)cccc2OC(F)(F)F)n1. The Labute approximate surface area is 127 Å². The molecule has 0 spiro atoms. The van der Waals surface area contributed by atoms with Gasteiger partial charge in [0.15, 0.2) is 0 Å². The molecule has 1 heterocycles. The van der Waals surface area contributed by atoms with Crippen LogP contribution >= 0.6 is 22.9 Å². The molecule has 4 nitrogen and oxygen atoms in total. The number of nitrogens with one attached hydrogen (secondary N) is 1. The number of nitrogens with zero attached hydrogens (tertiary/aromatic N) is 2. The van der Waals surface area contributed by atoms with Crippen LogP contribution in [-0.4, -0.2) is 17.6 Å². The largest absolute Gasteiger partial charge is 0.573 e. The first kappa shape index (κ1) is 15.6.